The Kier molecular flexibility index (Phi) is 7.62. The molecule has 1 aromatic heterocycles. The molecule has 1 aliphatic heterocycles. The average molecular weight is 466 g/mol. The number of hydrogen-bond acceptors (Lipinski definition) is 4. The van der Waals surface area contributed by atoms with Crippen LogP contribution in [-0.2, 0) is 13.0 Å². The smallest absolute Gasteiger partial charge is 0.225 e. The van der Waals surface area contributed by atoms with Crippen molar-refractivity contribution in [1.82, 2.24) is 9.97 Å². The number of anilines is 2. The summed E-state index contributed by atoms with van der Waals surface area (Å²) in [5.41, 5.74) is 10.1. The van der Waals surface area contributed by atoms with Gasteiger partial charge in [-0.25, -0.2) is 15.0 Å². The van der Waals surface area contributed by atoms with E-state index in [1.165, 1.54) is 18.4 Å². The summed E-state index contributed by atoms with van der Waals surface area (Å²) in [7, 11) is 0. The fraction of sp³-hybridized carbons (Fsp3) is 0.421. The number of aromatic nitrogens is 2. The van der Waals surface area contributed by atoms with E-state index in [1.807, 2.05) is 25.1 Å². The SMILES string of the molecule is CCc1cccc(NC(N)=NCc2cc(C)nc(N3CCCC3)n2)c1.I. The van der Waals surface area contributed by atoms with Crippen LogP contribution in [0.4, 0.5) is 11.6 Å². The molecule has 7 heteroatoms. The minimum atomic E-state index is 0. The minimum Gasteiger partial charge on any atom is -0.370 e. The molecule has 3 rings (SSSR count). The Morgan fingerprint density at radius 2 is 2.00 bits per heavy atom. The van der Waals surface area contributed by atoms with Gasteiger partial charge < -0.3 is 16.0 Å². The van der Waals surface area contributed by atoms with E-state index in [1.54, 1.807) is 0 Å². The number of rotatable bonds is 5. The Morgan fingerprint density at radius 3 is 2.73 bits per heavy atom. The van der Waals surface area contributed by atoms with E-state index in [4.69, 9.17) is 5.73 Å². The largest absolute Gasteiger partial charge is 0.370 e. The monoisotopic (exact) mass is 466 g/mol. The first-order valence-corrected chi connectivity index (χ1v) is 8.89. The summed E-state index contributed by atoms with van der Waals surface area (Å²) in [5, 5.41) is 3.15. The van der Waals surface area contributed by atoms with E-state index in [2.05, 4.69) is 44.2 Å². The van der Waals surface area contributed by atoms with Crippen molar-refractivity contribution < 1.29 is 0 Å². The second kappa shape index (κ2) is 9.70. The molecule has 0 amide bonds. The number of benzene rings is 1. The normalized spacial score (nSPS) is 14.2. The Labute approximate surface area is 172 Å². The number of guanidine groups is 1. The van der Waals surface area contributed by atoms with E-state index >= 15 is 0 Å². The summed E-state index contributed by atoms with van der Waals surface area (Å²) in [6.45, 7) is 6.63. The van der Waals surface area contributed by atoms with Gasteiger partial charge in [0.25, 0.3) is 0 Å². The number of hydrogen-bond donors (Lipinski definition) is 2. The van der Waals surface area contributed by atoms with Crippen LogP contribution in [0.25, 0.3) is 0 Å². The molecule has 1 aliphatic rings. The lowest BCUT2D eigenvalue weighted by atomic mass is 10.1. The molecule has 0 saturated carbocycles. The Hall–Kier alpha value is -1.90. The van der Waals surface area contributed by atoms with Gasteiger partial charge in [0.15, 0.2) is 5.96 Å². The first-order chi connectivity index (χ1) is 12.1. The fourth-order valence-electron chi connectivity index (χ4n) is 2.98. The molecule has 0 bridgehead atoms. The van der Waals surface area contributed by atoms with E-state index in [0.29, 0.717) is 12.5 Å². The van der Waals surface area contributed by atoms with E-state index in [0.717, 1.165) is 42.5 Å². The summed E-state index contributed by atoms with van der Waals surface area (Å²) in [4.78, 5) is 15.9. The number of aliphatic imine (C=N–C) groups is 1. The molecule has 1 fully saturated rings. The maximum atomic E-state index is 6.03. The van der Waals surface area contributed by atoms with Crippen molar-refractivity contribution in [2.75, 3.05) is 23.3 Å². The quantitative estimate of drug-likeness (QED) is 0.401. The average Bonchev–Trinajstić information content (AvgIpc) is 3.14. The van der Waals surface area contributed by atoms with Gasteiger partial charge in [-0.15, -0.1) is 24.0 Å². The molecule has 0 radical (unpaired) electrons. The van der Waals surface area contributed by atoms with Gasteiger partial charge in [-0.3, -0.25) is 0 Å². The van der Waals surface area contributed by atoms with Crippen molar-refractivity contribution in [2.24, 2.45) is 10.7 Å². The third-order valence-corrected chi connectivity index (χ3v) is 4.30. The highest BCUT2D eigenvalue weighted by atomic mass is 127. The maximum Gasteiger partial charge on any atom is 0.225 e. The van der Waals surface area contributed by atoms with Gasteiger partial charge >= 0.3 is 0 Å². The third kappa shape index (κ3) is 5.55. The zero-order chi connectivity index (χ0) is 17.6. The highest BCUT2D eigenvalue weighted by molar-refractivity contribution is 14.0. The highest BCUT2D eigenvalue weighted by Crippen LogP contribution is 2.17. The number of nitrogens with two attached hydrogens (primary N) is 1. The molecule has 0 spiro atoms. The number of nitrogens with zero attached hydrogens (tertiary/aromatic N) is 4. The summed E-state index contributed by atoms with van der Waals surface area (Å²) in [5.74, 6) is 1.21. The van der Waals surface area contributed by atoms with Crippen molar-refractivity contribution in [1.29, 1.82) is 0 Å². The van der Waals surface area contributed by atoms with Crippen LogP contribution in [0, 0.1) is 6.92 Å². The molecule has 2 heterocycles. The molecule has 2 aromatic rings. The van der Waals surface area contributed by atoms with Gasteiger partial charge in [0, 0.05) is 24.5 Å². The minimum absolute atomic E-state index is 0. The standard InChI is InChI=1S/C19H26N6.HI/c1-3-15-7-6-8-16(12-15)23-18(20)21-13-17-11-14(2)22-19(24-17)25-9-4-5-10-25;/h6-8,11-12H,3-5,9-10,13H2,1-2H3,(H3,20,21,23);1H. The van der Waals surface area contributed by atoms with Gasteiger partial charge in [0.2, 0.25) is 5.95 Å². The van der Waals surface area contributed by atoms with Crippen LogP contribution in [-0.4, -0.2) is 29.0 Å². The van der Waals surface area contributed by atoms with E-state index < -0.39 is 0 Å². The topological polar surface area (TPSA) is 79.4 Å². The van der Waals surface area contributed by atoms with Crippen molar-refractivity contribution >= 4 is 41.6 Å². The van der Waals surface area contributed by atoms with Crippen LogP contribution in [0.15, 0.2) is 35.3 Å². The van der Waals surface area contributed by atoms with Crippen molar-refractivity contribution in [3.63, 3.8) is 0 Å². The van der Waals surface area contributed by atoms with Crippen molar-refractivity contribution in [3.8, 4) is 0 Å². The van der Waals surface area contributed by atoms with Gasteiger partial charge in [0.1, 0.15) is 0 Å². The number of nitrogens with one attached hydrogen (secondary N) is 1. The molecule has 3 N–H and O–H groups in total. The van der Waals surface area contributed by atoms with E-state index in [9.17, 15) is 0 Å². The predicted octanol–water partition coefficient (Wildman–Crippen LogP) is 3.49. The molecular formula is C19H27IN6. The van der Waals surface area contributed by atoms with Crippen LogP contribution < -0.4 is 16.0 Å². The van der Waals surface area contributed by atoms with Crippen LogP contribution in [0.3, 0.4) is 0 Å². The maximum absolute atomic E-state index is 6.03. The summed E-state index contributed by atoms with van der Waals surface area (Å²) < 4.78 is 0. The van der Waals surface area contributed by atoms with Crippen LogP contribution in [0.1, 0.15) is 36.7 Å². The number of halogens is 1. The second-order valence-electron chi connectivity index (χ2n) is 6.38. The molecule has 1 saturated heterocycles. The fourth-order valence-corrected chi connectivity index (χ4v) is 2.98. The van der Waals surface area contributed by atoms with Gasteiger partial charge in [-0.05, 0) is 49.9 Å². The molecule has 1 aromatic carbocycles. The van der Waals surface area contributed by atoms with Gasteiger partial charge in [-0.1, -0.05) is 19.1 Å². The van der Waals surface area contributed by atoms with Gasteiger partial charge in [0.05, 0.1) is 12.2 Å². The second-order valence-corrected chi connectivity index (χ2v) is 6.38. The Bertz CT molecular complexity index is 755. The Balaban J connectivity index is 0.00000243. The Morgan fingerprint density at radius 1 is 1.23 bits per heavy atom. The van der Waals surface area contributed by atoms with E-state index in [-0.39, 0.29) is 24.0 Å². The van der Waals surface area contributed by atoms with Crippen molar-refractivity contribution in [2.45, 2.75) is 39.7 Å². The van der Waals surface area contributed by atoms with Crippen LogP contribution >= 0.6 is 24.0 Å². The zero-order valence-corrected chi connectivity index (χ0v) is 17.7. The lowest BCUT2D eigenvalue weighted by molar-refractivity contribution is 0.857. The molecular weight excluding hydrogens is 439 g/mol. The zero-order valence-electron chi connectivity index (χ0n) is 15.4. The molecule has 26 heavy (non-hydrogen) atoms. The highest BCUT2D eigenvalue weighted by Gasteiger charge is 2.15. The third-order valence-electron chi connectivity index (χ3n) is 4.30. The lowest BCUT2D eigenvalue weighted by Gasteiger charge is -2.16. The summed E-state index contributed by atoms with van der Waals surface area (Å²) >= 11 is 0. The first-order valence-electron chi connectivity index (χ1n) is 8.89. The molecule has 0 unspecified atom stereocenters. The lowest BCUT2D eigenvalue weighted by Crippen LogP contribution is -2.23. The van der Waals surface area contributed by atoms with Gasteiger partial charge in [-0.2, -0.15) is 0 Å². The molecule has 0 atom stereocenters. The number of aryl methyl sites for hydroxylation is 2. The van der Waals surface area contributed by atoms with Crippen molar-refractivity contribution in [3.05, 3.63) is 47.3 Å². The van der Waals surface area contributed by atoms with Crippen LogP contribution in [0.5, 0.6) is 0 Å². The molecule has 140 valence electrons. The molecule has 0 aliphatic carbocycles. The molecule has 6 nitrogen and oxygen atoms in total. The predicted molar refractivity (Wildman–Crippen MR) is 118 cm³/mol. The summed E-state index contributed by atoms with van der Waals surface area (Å²) in [6.07, 6.45) is 3.41. The first kappa shape index (κ1) is 20.4. The van der Waals surface area contributed by atoms with Crippen LogP contribution in [0.2, 0.25) is 0 Å². The summed E-state index contributed by atoms with van der Waals surface area (Å²) in [6, 6.07) is 10.2.